The Labute approximate surface area is 164 Å². The minimum Gasteiger partial charge on any atom is -0.494 e. The van der Waals surface area contributed by atoms with Crippen molar-refractivity contribution in [2.45, 2.75) is 28.9 Å². The van der Waals surface area contributed by atoms with Crippen molar-refractivity contribution in [3.05, 3.63) is 78.6 Å². The zero-order valence-corrected chi connectivity index (χ0v) is 16.7. The van der Waals surface area contributed by atoms with Crippen LogP contribution < -0.4 is 4.72 Å². The molecule has 2 aromatic carbocycles. The van der Waals surface area contributed by atoms with Crippen molar-refractivity contribution in [3.63, 3.8) is 0 Å². The first kappa shape index (κ1) is 19.9. The van der Waals surface area contributed by atoms with E-state index in [1.165, 1.54) is 0 Å². The van der Waals surface area contributed by atoms with Crippen LogP contribution in [0.5, 0.6) is 0 Å². The van der Waals surface area contributed by atoms with Crippen LogP contribution in [-0.2, 0) is 26.1 Å². The first-order valence-corrected chi connectivity index (χ1v) is 11.4. The molecule has 3 atom stereocenters. The second-order valence-corrected chi connectivity index (χ2v) is 9.35. The predicted octanol–water partition coefficient (Wildman–Crippen LogP) is 3.19. The Bertz CT molecular complexity index is 841. The zero-order chi connectivity index (χ0) is 19.1. The van der Waals surface area contributed by atoms with E-state index in [0.29, 0.717) is 6.61 Å². The van der Waals surface area contributed by atoms with Crippen LogP contribution in [0.1, 0.15) is 5.56 Å². The largest absolute Gasteiger partial charge is 0.494 e. The Morgan fingerprint density at radius 2 is 1.74 bits per heavy atom. The van der Waals surface area contributed by atoms with Gasteiger partial charge in [-0.05, 0) is 23.8 Å². The number of hydrogen-bond donors (Lipinski definition) is 1. The van der Waals surface area contributed by atoms with E-state index in [-0.39, 0.29) is 11.9 Å². The van der Waals surface area contributed by atoms with E-state index in [2.05, 4.69) is 4.72 Å². The zero-order valence-electron chi connectivity index (χ0n) is 15.0. The molecule has 0 spiro atoms. The third-order valence-electron chi connectivity index (χ3n) is 4.04. The van der Waals surface area contributed by atoms with Gasteiger partial charge in [0.2, 0.25) is 10.0 Å². The highest BCUT2D eigenvalue weighted by Gasteiger charge is 2.35. The van der Waals surface area contributed by atoms with Gasteiger partial charge in [-0.1, -0.05) is 48.5 Å². The van der Waals surface area contributed by atoms with Gasteiger partial charge in [0, 0.05) is 4.90 Å². The lowest BCUT2D eigenvalue weighted by molar-refractivity contribution is -0.000168. The lowest BCUT2D eigenvalue weighted by Crippen LogP contribution is -2.52. The summed E-state index contributed by atoms with van der Waals surface area (Å²) in [5, 5.41) is -0.0961. The summed E-state index contributed by atoms with van der Waals surface area (Å²) in [7, 11) is -3.39. The highest BCUT2D eigenvalue weighted by molar-refractivity contribution is 8.00. The van der Waals surface area contributed by atoms with Crippen LogP contribution in [0.2, 0.25) is 0 Å². The average molecular weight is 406 g/mol. The second-order valence-electron chi connectivity index (χ2n) is 6.32. The molecule has 0 fully saturated rings. The van der Waals surface area contributed by atoms with E-state index >= 15 is 0 Å². The Kier molecular flexibility index (Phi) is 6.95. The lowest BCUT2D eigenvalue weighted by atomic mass is 10.1. The molecule has 0 aromatic heterocycles. The standard InChI is InChI=1S/C20H23NO4S2/c1-27(22,23)21-20-18(15-24-14-16-8-4-2-5-9-16)25-13-12-19(20)26-17-10-6-3-7-11-17/h2-13,18-21H,14-15H2,1H3/t18-,19+,20+/m1/s1. The Hall–Kier alpha value is -1.80. The van der Waals surface area contributed by atoms with Gasteiger partial charge >= 0.3 is 0 Å². The van der Waals surface area contributed by atoms with Crippen molar-refractivity contribution in [1.29, 1.82) is 0 Å². The van der Waals surface area contributed by atoms with Crippen LogP contribution in [0.4, 0.5) is 0 Å². The van der Waals surface area contributed by atoms with Gasteiger partial charge in [-0.25, -0.2) is 13.1 Å². The first-order chi connectivity index (χ1) is 13.0. The minimum atomic E-state index is -3.39. The van der Waals surface area contributed by atoms with E-state index in [0.717, 1.165) is 16.7 Å². The third-order valence-corrected chi connectivity index (χ3v) is 6.00. The minimum absolute atomic E-state index is 0.0961. The molecule has 2 aromatic rings. The van der Waals surface area contributed by atoms with Crippen LogP contribution in [0.25, 0.3) is 0 Å². The molecule has 1 heterocycles. The van der Waals surface area contributed by atoms with Crippen molar-refractivity contribution in [3.8, 4) is 0 Å². The van der Waals surface area contributed by atoms with Gasteiger partial charge < -0.3 is 9.47 Å². The highest BCUT2D eigenvalue weighted by atomic mass is 32.2. The van der Waals surface area contributed by atoms with Crippen molar-refractivity contribution in [1.82, 2.24) is 4.72 Å². The number of sulfonamides is 1. The maximum Gasteiger partial charge on any atom is 0.209 e. The predicted molar refractivity (Wildman–Crippen MR) is 108 cm³/mol. The second kappa shape index (κ2) is 9.41. The van der Waals surface area contributed by atoms with Crippen molar-refractivity contribution in [2.75, 3.05) is 12.9 Å². The lowest BCUT2D eigenvalue weighted by Gasteiger charge is -2.34. The summed E-state index contributed by atoms with van der Waals surface area (Å²) in [4.78, 5) is 1.07. The fourth-order valence-corrected chi connectivity index (χ4v) is 4.85. The molecule has 7 heteroatoms. The number of ether oxygens (including phenoxy) is 2. The SMILES string of the molecule is CS(=O)(=O)N[C@@H]1[C@@H](Sc2ccccc2)C=CO[C@@H]1COCc1ccccc1. The summed E-state index contributed by atoms with van der Waals surface area (Å²) >= 11 is 1.60. The number of rotatable bonds is 8. The Morgan fingerprint density at radius 3 is 2.41 bits per heavy atom. The van der Waals surface area contributed by atoms with E-state index in [4.69, 9.17) is 9.47 Å². The molecule has 1 N–H and O–H groups in total. The van der Waals surface area contributed by atoms with Crippen molar-refractivity contribution < 1.29 is 17.9 Å². The highest BCUT2D eigenvalue weighted by Crippen LogP contribution is 2.31. The van der Waals surface area contributed by atoms with E-state index in [1.54, 1.807) is 18.0 Å². The molecule has 144 valence electrons. The monoisotopic (exact) mass is 405 g/mol. The van der Waals surface area contributed by atoms with Crippen LogP contribution in [0.3, 0.4) is 0 Å². The summed E-state index contributed by atoms with van der Waals surface area (Å²) < 4.78 is 38.0. The summed E-state index contributed by atoms with van der Waals surface area (Å²) in [6.45, 7) is 0.741. The average Bonchev–Trinajstić information content (AvgIpc) is 2.65. The van der Waals surface area contributed by atoms with Gasteiger partial charge in [0.1, 0.15) is 6.10 Å². The van der Waals surface area contributed by atoms with Gasteiger partial charge in [-0.15, -0.1) is 11.8 Å². The van der Waals surface area contributed by atoms with E-state index < -0.39 is 22.2 Å². The number of nitrogens with one attached hydrogen (secondary N) is 1. The topological polar surface area (TPSA) is 64.6 Å². The molecule has 5 nitrogen and oxygen atoms in total. The molecule has 0 saturated carbocycles. The van der Waals surface area contributed by atoms with Crippen LogP contribution in [0.15, 0.2) is 77.9 Å². The summed E-state index contributed by atoms with van der Waals surface area (Å²) in [5.41, 5.74) is 1.06. The maximum absolute atomic E-state index is 11.9. The molecule has 0 bridgehead atoms. The first-order valence-electron chi connectivity index (χ1n) is 8.64. The number of thioether (sulfide) groups is 1. The van der Waals surface area contributed by atoms with E-state index in [1.807, 2.05) is 66.7 Å². The molecular weight excluding hydrogens is 382 g/mol. The number of hydrogen-bond acceptors (Lipinski definition) is 5. The molecule has 27 heavy (non-hydrogen) atoms. The Balaban J connectivity index is 1.68. The molecule has 0 unspecified atom stereocenters. The summed E-state index contributed by atoms with van der Waals surface area (Å²) in [6.07, 6.45) is 4.28. The molecule has 3 rings (SSSR count). The summed E-state index contributed by atoms with van der Waals surface area (Å²) in [5.74, 6) is 0. The Morgan fingerprint density at radius 1 is 1.07 bits per heavy atom. The van der Waals surface area contributed by atoms with Crippen LogP contribution in [0, 0.1) is 0 Å². The molecule has 0 aliphatic carbocycles. The normalized spacial score (nSPS) is 22.3. The van der Waals surface area contributed by atoms with Crippen molar-refractivity contribution in [2.24, 2.45) is 0 Å². The molecule has 1 aliphatic rings. The summed E-state index contributed by atoms with van der Waals surface area (Å²) in [6, 6.07) is 19.3. The van der Waals surface area contributed by atoms with Gasteiger partial charge in [0.25, 0.3) is 0 Å². The van der Waals surface area contributed by atoms with Gasteiger partial charge in [0.15, 0.2) is 0 Å². The van der Waals surface area contributed by atoms with Crippen LogP contribution >= 0.6 is 11.8 Å². The molecular formula is C20H23NO4S2. The molecule has 1 aliphatic heterocycles. The third kappa shape index (κ3) is 6.39. The van der Waals surface area contributed by atoms with Gasteiger partial charge in [0.05, 0.1) is 37.0 Å². The maximum atomic E-state index is 11.9. The quantitative estimate of drug-likeness (QED) is 0.731. The van der Waals surface area contributed by atoms with Crippen LogP contribution in [-0.4, -0.2) is 38.7 Å². The fourth-order valence-electron chi connectivity index (χ4n) is 2.81. The van der Waals surface area contributed by atoms with Gasteiger partial charge in [-0.3, -0.25) is 0 Å². The molecule has 0 amide bonds. The van der Waals surface area contributed by atoms with Crippen molar-refractivity contribution >= 4 is 21.8 Å². The molecule has 0 saturated heterocycles. The van der Waals surface area contributed by atoms with Gasteiger partial charge in [-0.2, -0.15) is 0 Å². The molecule has 0 radical (unpaired) electrons. The smallest absolute Gasteiger partial charge is 0.209 e. The van der Waals surface area contributed by atoms with E-state index in [9.17, 15) is 8.42 Å². The fraction of sp³-hybridized carbons (Fsp3) is 0.300. The number of benzene rings is 2.